The Bertz CT molecular complexity index is 1190. The second kappa shape index (κ2) is 8.58. The summed E-state index contributed by atoms with van der Waals surface area (Å²) in [5.41, 5.74) is 4.75. The van der Waals surface area contributed by atoms with Crippen LogP contribution in [0.1, 0.15) is 52.5 Å². The lowest BCUT2D eigenvalue weighted by molar-refractivity contribution is -0.117. The van der Waals surface area contributed by atoms with Crippen LogP contribution in [0.25, 0.3) is 0 Å². The maximum atomic E-state index is 13.4. The second-order valence-corrected chi connectivity index (χ2v) is 9.19. The fourth-order valence-electron chi connectivity index (χ4n) is 4.54. The van der Waals surface area contributed by atoms with Crippen molar-refractivity contribution in [3.05, 3.63) is 100 Å². The largest absolute Gasteiger partial charge is 0.478 e. The monoisotopic (exact) mass is 431 g/mol. The summed E-state index contributed by atoms with van der Waals surface area (Å²) in [6.07, 6.45) is 1.23. The fourth-order valence-corrected chi connectivity index (χ4v) is 4.54. The number of ketones is 1. The summed E-state index contributed by atoms with van der Waals surface area (Å²) in [5.74, 6) is -1.22. The molecule has 1 heterocycles. The van der Waals surface area contributed by atoms with Gasteiger partial charge in [0.25, 0.3) is 0 Å². The average Bonchev–Trinajstić information content (AvgIpc) is 2.72. The molecule has 0 saturated carbocycles. The van der Waals surface area contributed by atoms with Crippen LogP contribution in [0.15, 0.2) is 66.7 Å². The third-order valence-corrected chi connectivity index (χ3v) is 6.06. The van der Waals surface area contributed by atoms with Crippen molar-refractivity contribution in [3.63, 3.8) is 0 Å². The lowest BCUT2D eigenvalue weighted by Gasteiger charge is -2.41. The number of fused-ring (bicyclic) bond motifs is 1. The minimum absolute atomic E-state index is 0.0175. The minimum Gasteiger partial charge on any atom is -0.478 e. The van der Waals surface area contributed by atoms with Crippen LogP contribution in [0.2, 0.25) is 0 Å². The number of nitrogens with one attached hydrogen (secondary N) is 1. The minimum atomic E-state index is -0.927. The molecular weight excluding hydrogens is 405 g/mol. The summed E-state index contributed by atoms with van der Waals surface area (Å²) >= 11 is 0. The highest BCUT2D eigenvalue weighted by atomic mass is 19.1. The van der Waals surface area contributed by atoms with Gasteiger partial charge in [-0.25, -0.2) is 9.18 Å². The maximum Gasteiger partial charge on any atom is 0.335 e. The molecule has 32 heavy (non-hydrogen) atoms. The zero-order valence-corrected chi connectivity index (χ0v) is 18.2. The number of Topliss-reactive ketones (excluding diaryl/α,β-unsaturated/α-hetero) is 1. The molecule has 5 heteroatoms. The molecule has 2 N–H and O–H groups in total. The van der Waals surface area contributed by atoms with E-state index in [2.05, 4.69) is 31.3 Å². The van der Waals surface area contributed by atoms with Gasteiger partial charge in [0.2, 0.25) is 0 Å². The van der Waals surface area contributed by atoms with Gasteiger partial charge in [0.15, 0.2) is 0 Å². The van der Waals surface area contributed by atoms with Gasteiger partial charge in [-0.15, -0.1) is 0 Å². The number of carboxylic acids is 1. The molecule has 3 aromatic carbocycles. The molecule has 1 aliphatic heterocycles. The molecule has 0 radical (unpaired) electrons. The summed E-state index contributed by atoms with van der Waals surface area (Å²) in [4.78, 5) is 23.9. The molecule has 4 nitrogen and oxygen atoms in total. The number of hydrogen-bond donors (Lipinski definition) is 2. The van der Waals surface area contributed by atoms with E-state index in [1.807, 2.05) is 18.2 Å². The Hall–Kier alpha value is -3.47. The molecule has 1 atom stereocenters. The van der Waals surface area contributed by atoms with Crippen molar-refractivity contribution in [1.29, 1.82) is 0 Å². The molecule has 3 aromatic rings. The summed E-state index contributed by atoms with van der Waals surface area (Å²) in [6.45, 7) is 4.31. The van der Waals surface area contributed by atoms with E-state index in [1.54, 1.807) is 24.3 Å². The van der Waals surface area contributed by atoms with Gasteiger partial charge in [0.05, 0.1) is 11.6 Å². The number of anilines is 1. The highest BCUT2D eigenvalue weighted by Crippen LogP contribution is 2.45. The van der Waals surface area contributed by atoms with Gasteiger partial charge < -0.3 is 10.4 Å². The molecule has 0 bridgehead atoms. The SMILES string of the molecule is CC1(C)Cc2cc(C(=O)O)ccc2NC1c1cccc(CC(=O)Cc2cccc(F)c2)c1. The number of halogens is 1. The number of carbonyl (C=O) groups is 2. The van der Waals surface area contributed by atoms with E-state index in [0.29, 0.717) is 11.1 Å². The first kappa shape index (κ1) is 21.8. The Morgan fingerprint density at radius 2 is 1.69 bits per heavy atom. The smallest absolute Gasteiger partial charge is 0.335 e. The van der Waals surface area contributed by atoms with Crippen LogP contribution in [0.5, 0.6) is 0 Å². The summed E-state index contributed by atoms with van der Waals surface area (Å²) in [5, 5.41) is 12.9. The Labute approximate surface area is 187 Å². The van der Waals surface area contributed by atoms with Crippen molar-refractivity contribution in [3.8, 4) is 0 Å². The molecule has 0 spiro atoms. The van der Waals surface area contributed by atoms with Gasteiger partial charge in [-0.05, 0) is 64.4 Å². The van der Waals surface area contributed by atoms with Crippen molar-refractivity contribution in [1.82, 2.24) is 0 Å². The van der Waals surface area contributed by atoms with E-state index in [1.165, 1.54) is 12.1 Å². The maximum absolute atomic E-state index is 13.4. The van der Waals surface area contributed by atoms with Crippen molar-refractivity contribution >= 4 is 17.4 Å². The predicted molar refractivity (Wildman–Crippen MR) is 123 cm³/mol. The van der Waals surface area contributed by atoms with Crippen LogP contribution in [0, 0.1) is 11.2 Å². The quantitative estimate of drug-likeness (QED) is 0.532. The standard InChI is InChI=1S/C27H26FNO3/c1-27(2)16-21-15-20(26(31)32)9-10-24(21)29-25(27)19-7-3-5-17(11-19)13-23(30)14-18-6-4-8-22(28)12-18/h3-12,15,25,29H,13-14,16H2,1-2H3,(H,31,32). The van der Waals surface area contributed by atoms with E-state index in [-0.39, 0.29) is 35.9 Å². The molecule has 0 aliphatic carbocycles. The Morgan fingerprint density at radius 3 is 2.38 bits per heavy atom. The highest BCUT2D eigenvalue weighted by molar-refractivity contribution is 5.88. The van der Waals surface area contributed by atoms with Crippen LogP contribution in [0.3, 0.4) is 0 Å². The first-order chi connectivity index (χ1) is 15.2. The lowest BCUT2D eigenvalue weighted by atomic mass is 9.72. The molecule has 0 saturated heterocycles. The zero-order valence-electron chi connectivity index (χ0n) is 18.2. The molecule has 0 amide bonds. The fraction of sp³-hybridized carbons (Fsp3) is 0.259. The van der Waals surface area contributed by atoms with Gasteiger partial charge in [-0.2, -0.15) is 0 Å². The number of benzene rings is 3. The number of aromatic carboxylic acids is 1. The van der Waals surface area contributed by atoms with E-state index in [9.17, 15) is 19.1 Å². The van der Waals surface area contributed by atoms with Gasteiger partial charge in [0, 0.05) is 18.5 Å². The Balaban J connectivity index is 1.53. The van der Waals surface area contributed by atoms with Crippen molar-refractivity contribution in [2.45, 2.75) is 39.2 Å². The molecule has 0 fully saturated rings. The highest BCUT2D eigenvalue weighted by Gasteiger charge is 2.36. The van der Waals surface area contributed by atoms with Crippen LogP contribution in [-0.2, 0) is 24.1 Å². The van der Waals surface area contributed by atoms with E-state index in [4.69, 9.17) is 0 Å². The van der Waals surface area contributed by atoms with Gasteiger partial charge in [-0.3, -0.25) is 4.79 Å². The zero-order chi connectivity index (χ0) is 22.9. The van der Waals surface area contributed by atoms with Gasteiger partial charge in [0.1, 0.15) is 11.6 Å². The number of rotatable bonds is 6. The molecule has 164 valence electrons. The summed E-state index contributed by atoms with van der Waals surface area (Å²) < 4.78 is 13.4. The average molecular weight is 432 g/mol. The molecule has 4 rings (SSSR count). The number of carbonyl (C=O) groups excluding carboxylic acids is 1. The first-order valence-corrected chi connectivity index (χ1v) is 10.7. The van der Waals surface area contributed by atoms with Crippen LogP contribution < -0.4 is 5.32 Å². The third-order valence-electron chi connectivity index (χ3n) is 6.06. The van der Waals surface area contributed by atoms with E-state index >= 15 is 0 Å². The predicted octanol–water partition coefficient (Wildman–Crippen LogP) is 5.61. The van der Waals surface area contributed by atoms with Crippen LogP contribution >= 0.6 is 0 Å². The Morgan fingerprint density at radius 1 is 1.00 bits per heavy atom. The van der Waals surface area contributed by atoms with Gasteiger partial charge >= 0.3 is 5.97 Å². The first-order valence-electron chi connectivity index (χ1n) is 10.7. The Kier molecular flexibility index (Phi) is 5.83. The van der Waals surface area contributed by atoms with Crippen molar-refractivity contribution in [2.24, 2.45) is 5.41 Å². The number of hydrogen-bond acceptors (Lipinski definition) is 3. The molecule has 1 unspecified atom stereocenters. The summed E-state index contributed by atoms with van der Waals surface area (Å²) in [6, 6.07) is 19.4. The van der Waals surface area contributed by atoms with E-state index < -0.39 is 5.97 Å². The molecule has 0 aromatic heterocycles. The second-order valence-electron chi connectivity index (χ2n) is 9.19. The van der Waals surface area contributed by atoms with E-state index in [0.717, 1.165) is 28.8 Å². The topological polar surface area (TPSA) is 66.4 Å². The van der Waals surface area contributed by atoms with Crippen LogP contribution in [0.4, 0.5) is 10.1 Å². The lowest BCUT2D eigenvalue weighted by Crippen LogP contribution is -2.35. The summed E-state index contributed by atoms with van der Waals surface area (Å²) in [7, 11) is 0. The third kappa shape index (κ3) is 4.72. The number of carboxylic acid groups (broad SMARTS) is 1. The van der Waals surface area contributed by atoms with Crippen LogP contribution in [-0.4, -0.2) is 16.9 Å². The molecule has 1 aliphatic rings. The molecular formula is C27H26FNO3. The normalized spacial score (nSPS) is 16.7. The van der Waals surface area contributed by atoms with Gasteiger partial charge in [-0.1, -0.05) is 50.2 Å². The van der Waals surface area contributed by atoms with Crippen molar-refractivity contribution < 1.29 is 19.1 Å². The van der Waals surface area contributed by atoms with Crippen molar-refractivity contribution in [2.75, 3.05) is 5.32 Å².